The molecule has 1 amide bonds. The first kappa shape index (κ1) is 17.3. The van der Waals surface area contributed by atoms with Gasteiger partial charge in [0.2, 0.25) is 0 Å². The van der Waals surface area contributed by atoms with Gasteiger partial charge in [-0.2, -0.15) is 13.2 Å². The van der Waals surface area contributed by atoms with Crippen LogP contribution in [0.3, 0.4) is 0 Å². The maximum Gasteiger partial charge on any atom is 0.416 e. The van der Waals surface area contributed by atoms with Crippen LogP contribution in [0.4, 0.5) is 18.0 Å². The van der Waals surface area contributed by atoms with E-state index in [9.17, 15) is 23.1 Å². The second-order valence-electron chi connectivity index (χ2n) is 5.72. The number of nitrogens with zero attached hydrogens (tertiary/aromatic N) is 1. The number of carbonyl (C=O) groups is 1. The van der Waals surface area contributed by atoms with Crippen LogP contribution in [0.5, 0.6) is 0 Å². The lowest BCUT2D eigenvalue weighted by atomic mass is 10.0. The summed E-state index contributed by atoms with van der Waals surface area (Å²) in [6.07, 6.45) is -5.58. The van der Waals surface area contributed by atoms with E-state index in [1.165, 1.54) is 6.07 Å². The monoisotopic (exact) mass is 304 g/mol. The fourth-order valence-electron chi connectivity index (χ4n) is 1.91. The van der Waals surface area contributed by atoms with Crippen molar-refractivity contribution in [3.63, 3.8) is 0 Å². The van der Waals surface area contributed by atoms with Gasteiger partial charge in [-0.05, 0) is 44.0 Å². The molecule has 0 fully saturated rings. The van der Waals surface area contributed by atoms with E-state index < -0.39 is 23.4 Å². The van der Waals surface area contributed by atoms with E-state index >= 15 is 0 Å². The van der Waals surface area contributed by atoms with E-state index in [2.05, 4.69) is 0 Å². The second-order valence-corrected chi connectivity index (χ2v) is 5.72. The molecule has 0 spiro atoms. The van der Waals surface area contributed by atoms with Gasteiger partial charge in [0, 0.05) is 18.6 Å². The molecule has 1 aromatic rings. The zero-order valence-electron chi connectivity index (χ0n) is 12.2. The number of benzene rings is 1. The molecule has 0 heterocycles. The van der Waals surface area contributed by atoms with Crippen LogP contribution in [0, 0.1) is 0 Å². The number of hydrogen-bond acceptors (Lipinski definition) is 2. The fraction of sp³-hybridized carbons (Fsp3) is 0.500. The van der Waals surface area contributed by atoms with Gasteiger partial charge in [-0.3, -0.25) is 4.90 Å². The molecule has 0 radical (unpaired) electrons. The van der Waals surface area contributed by atoms with Gasteiger partial charge < -0.3 is 10.8 Å². The minimum Gasteiger partial charge on any atom is -0.465 e. The van der Waals surface area contributed by atoms with E-state index in [1.807, 2.05) is 0 Å². The Morgan fingerprint density at radius 1 is 1.24 bits per heavy atom. The van der Waals surface area contributed by atoms with Crippen LogP contribution >= 0.6 is 0 Å². The van der Waals surface area contributed by atoms with E-state index in [4.69, 9.17) is 5.73 Å². The van der Waals surface area contributed by atoms with Crippen molar-refractivity contribution in [1.29, 1.82) is 0 Å². The van der Waals surface area contributed by atoms with E-state index in [0.717, 1.165) is 17.0 Å². The first-order chi connectivity index (χ1) is 9.46. The molecule has 0 aliphatic carbocycles. The molecule has 0 saturated carbocycles. The average Bonchev–Trinajstić information content (AvgIpc) is 2.32. The van der Waals surface area contributed by atoms with Crippen LogP contribution in [-0.4, -0.2) is 21.6 Å². The highest BCUT2D eigenvalue weighted by molar-refractivity contribution is 5.66. The lowest BCUT2D eigenvalue weighted by Crippen LogP contribution is -2.44. The molecule has 0 aromatic heterocycles. The van der Waals surface area contributed by atoms with Crippen LogP contribution < -0.4 is 5.73 Å². The summed E-state index contributed by atoms with van der Waals surface area (Å²) in [6, 6.07) is 3.20. The highest BCUT2D eigenvalue weighted by Gasteiger charge is 2.32. The van der Waals surface area contributed by atoms with Gasteiger partial charge in [0.15, 0.2) is 0 Å². The Kier molecular flexibility index (Phi) is 4.88. The first-order valence-electron chi connectivity index (χ1n) is 6.36. The summed E-state index contributed by atoms with van der Waals surface area (Å²) in [5.74, 6) is 0. The van der Waals surface area contributed by atoms with E-state index in [1.54, 1.807) is 20.8 Å². The molecule has 0 unspecified atom stereocenters. The number of alkyl halides is 3. The Morgan fingerprint density at radius 3 is 2.19 bits per heavy atom. The van der Waals surface area contributed by atoms with Crippen LogP contribution in [0.1, 0.15) is 37.5 Å². The van der Waals surface area contributed by atoms with Gasteiger partial charge >= 0.3 is 12.3 Å². The molecule has 0 atom stereocenters. The Labute approximate surface area is 121 Å². The van der Waals surface area contributed by atoms with Crippen molar-refractivity contribution in [2.24, 2.45) is 5.73 Å². The molecule has 21 heavy (non-hydrogen) atoms. The maximum atomic E-state index is 12.7. The van der Waals surface area contributed by atoms with Gasteiger partial charge in [-0.1, -0.05) is 6.07 Å². The van der Waals surface area contributed by atoms with Crippen LogP contribution in [0.15, 0.2) is 18.2 Å². The van der Waals surface area contributed by atoms with Crippen molar-refractivity contribution in [2.45, 2.75) is 45.6 Å². The normalized spacial score (nSPS) is 12.3. The summed E-state index contributed by atoms with van der Waals surface area (Å²) in [5.41, 5.74) is 4.80. The summed E-state index contributed by atoms with van der Waals surface area (Å²) < 4.78 is 38.0. The predicted molar refractivity (Wildman–Crippen MR) is 72.7 cm³/mol. The number of halogens is 3. The van der Waals surface area contributed by atoms with Crippen molar-refractivity contribution >= 4 is 6.09 Å². The molecule has 7 heteroatoms. The van der Waals surface area contributed by atoms with E-state index in [-0.39, 0.29) is 13.1 Å². The molecule has 0 saturated heterocycles. The maximum absolute atomic E-state index is 12.7. The summed E-state index contributed by atoms with van der Waals surface area (Å²) in [5, 5.41) is 9.23. The number of amides is 1. The van der Waals surface area contributed by atoms with Crippen LogP contribution in [0.2, 0.25) is 0 Å². The third-order valence-corrected chi connectivity index (χ3v) is 3.12. The second kappa shape index (κ2) is 5.93. The summed E-state index contributed by atoms with van der Waals surface area (Å²) >= 11 is 0. The molecule has 118 valence electrons. The minimum absolute atomic E-state index is 0.0104. The number of nitrogens with two attached hydrogens (primary N) is 1. The lowest BCUT2D eigenvalue weighted by Gasteiger charge is -2.33. The molecule has 1 aromatic carbocycles. The molecule has 0 aliphatic heterocycles. The number of rotatable bonds is 3. The van der Waals surface area contributed by atoms with Crippen molar-refractivity contribution in [3.05, 3.63) is 34.9 Å². The van der Waals surface area contributed by atoms with Gasteiger partial charge in [0.25, 0.3) is 0 Å². The molecule has 0 bridgehead atoms. The van der Waals surface area contributed by atoms with Crippen molar-refractivity contribution < 1.29 is 23.1 Å². The SMILES string of the molecule is CC(C)(C)N(Cc1ccc(C(F)(F)F)cc1CN)C(=O)O. The van der Waals surface area contributed by atoms with Gasteiger partial charge in [0.05, 0.1) is 5.56 Å². The Balaban J connectivity index is 3.17. The van der Waals surface area contributed by atoms with Crippen LogP contribution in [-0.2, 0) is 19.3 Å². The molecule has 4 nitrogen and oxygen atoms in total. The minimum atomic E-state index is -4.45. The van der Waals surface area contributed by atoms with Crippen LogP contribution in [0.25, 0.3) is 0 Å². The number of hydrogen-bond donors (Lipinski definition) is 2. The average molecular weight is 304 g/mol. The molecule has 1 rings (SSSR count). The third kappa shape index (κ3) is 4.35. The zero-order chi connectivity index (χ0) is 16.4. The summed E-state index contributed by atoms with van der Waals surface area (Å²) in [4.78, 5) is 12.5. The zero-order valence-corrected chi connectivity index (χ0v) is 12.2. The largest absolute Gasteiger partial charge is 0.465 e. The topological polar surface area (TPSA) is 66.6 Å². The molecule has 0 aliphatic rings. The van der Waals surface area contributed by atoms with Gasteiger partial charge in [-0.15, -0.1) is 0 Å². The van der Waals surface area contributed by atoms with E-state index in [0.29, 0.717) is 11.1 Å². The summed E-state index contributed by atoms with van der Waals surface area (Å²) in [7, 11) is 0. The Hall–Kier alpha value is -1.76. The van der Waals surface area contributed by atoms with Crippen molar-refractivity contribution in [3.8, 4) is 0 Å². The van der Waals surface area contributed by atoms with Gasteiger partial charge in [0.1, 0.15) is 0 Å². The quantitative estimate of drug-likeness (QED) is 0.899. The lowest BCUT2D eigenvalue weighted by molar-refractivity contribution is -0.137. The predicted octanol–water partition coefficient (Wildman–Crippen LogP) is 3.44. The molecule has 3 N–H and O–H groups in total. The Bertz CT molecular complexity index is 522. The highest BCUT2D eigenvalue weighted by atomic mass is 19.4. The number of carboxylic acid groups (broad SMARTS) is 1. The Morgan fingerprint density at radius 2 is 1.81 bits per heavy atom. The third-order valence-electron chi connectivity index (χ3n) is 3.12. The highest BCUT2D eigenvalue weighted by Crippen LogP contribution is 2.31. The molecular weight excluding hydrogens is 285 g/mol. The van der Waals surface area contributed by atoms with Gasteiger partial charge in [-0.25, -0.2) is 4.79 Å². The van der Waals surface area contributed by atoms with Crippen molar-refractivity contribution in [1.82, 2.24) is 4.90 Å². The standard InChI is InChI=1S/C14H19F3N2O2/c1-13(2,3)19(12(20)21)8-9-4-5-11(14(15,16)17)6-10(9)7-18/h4-6H,7-8,18H2,1-3H3,(H,20,21). The fourth-order valence-corrected chi connectivity index (χ4v) is 1.91. The summed E-state index contributed by atoms with van der Waals surface area (Å²) in [6.45, 7) is 5.05. The molecular formula is C14H19F3N2O2. The van der Waals surface area contributed by atoms with Crippen molar-refractivity contribution in [2.75, 3.05) is 0 Å². The first-order valence-corrected chi connectivity index (χ1v) is 6.36. The smallest absolute Gasteiger partial charge is 0.416 e.